The van der Waals surface area contributed by atoms with E-state index in [1.807, 2.05) is 12.1 Å². The third-order valence-electron chi connectivity index (χ3n) is 2.94. The molecule has 1 nitrogen and oxygen atoms in total. The minimum Gasteiger partial charge on any atom is -0.298 e. The van der Waals surface area contributed by atoms with Crippen molar-refractivity contribution in [1.29, 1.82) is 0 Å². The van der Waals surface area contributed by atoms with Gasteiger partial charge in [0.1, 0.15) is 5.78 Å². The lowest BCUT2D eigenvalue weighted by molar-refractivity contribution is -0.118. The van der Waals surface area contributed by atoms with Gasteiger partial charge in [-0.2, -0.15) is 11.8 Å². The minimum absolute atomic E-state index is 0.152. The SMILES string of the molecule is O=C(Cc1cccc(Cl)c1Cl)C1CCCCS1. The second kappa shape index (κ2) is 6.12. The van der Waals surface area contributed by atoms with E-state index in [9.17, 15) is 4.79 Å². The van der Waals surface area contributed by atoms with Gasteiger partial charge < -0.3 is 0 Å². The Kier molecular flexibility index (Phi) is 4.78. The second-order valence-electron chi connectivity index (χ2n) is 4.21. The van der Waals surface area contributed by atoms with Crippen molar-refractivity contribution >= 4 is 40.7 Å². The van der Waals surface area contributed by atoms with Crippen molar-refractivity contribution in [2.24, 2.45) is 0 Å². The van der Waals surface area contributed by atoms with Gasteiger partial charge in [-0.3, -0.25) is 4.79 Å². The number of carbonyl (C=O) groups is 1. The third kappa shape index (κ3) is 3.40. The van der Waals surface area contributed by atoms with Crippen LogP contribution in [-0.4, -0.2) is 16.8 Å². The van der Waals surface area contributed by atoms with Gasteiger partial charge in [0.15, 0.2) is 0 Å². The summed E-state index contributed by atoms with van der Waals surface area (Å²) in [7, 11) is 0. The van der Waals surface area contributed by atoms with E-state index in [4.69, 9.17) is 23.2 Å². The standard InChI is InChI=1S/C13H14Cl2OS/c14-10-5-3-4-9(13(10)15)8-11(16)12-6-1-2-7-17-12/h3-5,12H,1-2,6-8H2. The molecule has 1 heterocycles. The zero-order valence-electron chi connectivity index (χ0n) is 9.42. The molecule has 1 fully saturated rings. The van der Waals surface area contributed by atoms with Crippen LogP contribution in [0.5, 0.6) is 0 Å². The van der Waals surface area contributed by atoms with Crippen molar-refractivity contribution in [2.75, 3.05) is 5.75 Å². The molecule has 0 N–H and O–H groups in total. The molecule has 92 valence electrons. The van der Waals surface area contributed by atoms with Gasteiger partial charge in [0.05, 0.1) is 15.3 Å². The van der Waals surface area contributed by atoms with E-state index < -0.39 is 0 Å². The Morgan fingerprint density at radius 2 is 2.18 bits per heavy atom. The fourth-order valence-electron chi connectivity index (χ4n) is 1.98. The van der Waals surface area contributed by atoms with Crippen LogP contribution in [0.1, 0.15) is 24.8 Å². The van der Waals surface area contributed by atoms with E-state index in [-0.39, 0.29) is 11.0 Å². The van der Waals surface area contributed by atoms with Crippen LogP contribution in [-0.2, 0) is 11.2 Å². The van der Waals surface area contributed by atoms with Crippen molar-refractivity contribution in [1.82, 2.24) is 0 Å². The minimum atomic E-state index is 0.152. The summed E-state index contributed by atoms with van der Waals surface area (Å²) in [6.45, 7) is 0. The molecule has 1 aliphatic rings. The normalized spacial score (nSPS) is 20.2. The van der Waals surface area contributed by atoms with Crippen molar-refractivity contribution in [2.45, 2.75) is 30.9 Å². The van der Waals surface area contributed by atoms with Crippen LogP contribution in [0.25, 0.3) is 0 Å². The molecular weight excluding hydrogens is 275 g/mol. The number of carbonyl (C=O) groups excluding carboxylic acids is 1. The average molecular weight is 289 g/mol. The van der Waals surface area contributed by atoms with E-state index in [2.05, 4.69) is 0 Å². The van der Waals surface area contributed by atoms with Gasteiger partial charge in [0.25, 0.3) is 0 Å². The first-order chi connectivity index (χ1) is 8.18. The molecule has 1 atom stereocenters. The number of rotatable bonds is 3. The Hall–Kier alpha value is -0.180. The van der Waals surface area contributed by atoms with Crippen LogP contribution < -0.4 is 0 Å². The van der Waals surface area contributed by atoms with Crippen molar-refractivity contribution in [3.8, 4) is 0 Å². The molecule has 4 heteroatoms. The van der Waals surface area contributed by atoms with Gasteiger partial charge >= 0.3 is 0 Å². The Morgan fingerprint density at radius 1 is 1.35 bits per heavy atom. The molecule has 1 unspecified atom stereocenters. The number of ketones is 1. The third-order valence-corrected chi connectivity index (χ3v) is 5.22. The highest BCUT2D eigenvalue weighted by Gasteiger charge is 2.22. The van der Waals surface area contributed by atoms with Crippen LogP contribution in [0, 0.1) is 0 Å². The van der Waals surface area contributed by atoms with Crippen LogP contribution in [0.3, 0.4) is 0 Å². The topological polar surface area (TPSA) is 17.1 Å². The number of benzene rings is 1. The molecule has 1 aromatic carbocycles. The van der Waals surface area contributed by atoms with E-state index in [0.29, 0.717) is 16.5 Å². The summed E-state index contributed by atoms with van der Waals surface area (Å²) in [5, 5.41) is 1.19. The van der Waals surface area contributed by atoms with Gasteiger partial charge in [-0.05, 0) is 30.2 Å². The highest BCUT2D eigenvalue weighted by atomic mass is 35.5. The number of Topliss-reactive ketones (excluding diaryl/α,β-unsaturated/α-hetero) is 1. The van der Waals surface area contributed by atoms with E-state index >= 15 is 0 Å². The van der Waals surface area contributed by atoms with Crippen LogP contribution in [0.4, 0.5) is 0 Å². The summed E-state index contributed by atoms with van der Waals surface area (Å²) in [6, 6.07) is 5.46. The van der Waals surface area contributed by atoms with Gasteiger partial charge in [-0.15, -0.1) is 0 Å². The summed E-state index contributed by atoms with van der Waals surface area (Å²) >= 11 is 13.8. The zero-order chi connectivity index (χ0) is 12.3. The predicted molar refractivity (Wildman–Crippen MR) is 75.3 cm³/mol. The Balaban J connectivity index is 2.04. The summed E-state index contributed by atoms with van der Waals surface area (Å²) in [4.78, 5) is 12.1. The maximum atomic E-state index is 12.1. The number of halogens is 2. The molecule has 0 aromatic heterocycles. The quantitative estimate of drug-likeness (QED) is 0.821. The molecule has 2 rings (SSSR count). The fraction of sp³-hybridized carbons (Fsp3) is 0.462. The number of thioether (sulfide) groups is 1. The van der Waals surface area contributed by atoms with Crippen molar-refractivity contribution in [3.63, 3.8) is 0 Å². The molecule has 0 bridgehead atoms. The van der Waals surface area contributed by atoms with Crippen LogP contribution in [0.15, 0.2) is 18.2 Å². The largest absolute Gasteiger partial charge is 0.298 e. The highest BCUT2D eigenvalue weighted by molar-refractivity contribution is 8.00. The average Bonchev–Trinajstić information content (AvgIpc) is 2.36. The maximum absolute atomic E-state index is 12.1. The molecular formula is C13H14Cl2OS. The smallest absolute Gasteiger partial charge is 0.150 e. The highest BCUT2D eigenvalue weighted by Crippen LogP contribution is 2.30. The van der Waals surface area contributed by atoms with E-state index in [1.165, 1.54) is 6.42 Å². The molecule has 0 amide bonds. The van der Waals surface area contributed by atoms with Crippen molar-refractivity contribution in [3.05, 3.63) is 33.8 Å². The Bertz CT molecular complexity index is 414. The molecule has 0 spiro atoms. The number of hydrogen-bond acceptors (Lipinski definition) is 2. The lowest BCUT2D eigenvalue weighted by atomic mass is 10.0. The molecule has 0 saturated carbocycles. The Labute approximate surface area is 116 Å². The van der Waals surface area contributed by atoms with Crippen molar-refractivity contribution < 1.29 is 4.79 Å². The number of hydrogen-bond donors (Lipinski definition) is 0. The van der Waals surface area contributed by atoms with Gasteiger partial charge in [0.2, 0.25) is 0 Å². The summed E-state index contributed by atoms with van der Waals surface area (Å²) in [5.74, 6) is 1.37. The molecule has 1 aliphatic heterocycles. The molecule has 0 radical (unpaired) electrons. The summed E-state index contributed by atoms with van der Waals surface area (Å²) < 4.78 is 0. The monoisotopic (exact) mass is 288 g/mol. The lowest BCUT2D eigenvalue weighted by Gasteiger charge is -2.20. The molecule has 1 aromatic rings. The zero-order valence-corrected chi connectivity index (χ0v) is 11.7. The van der Waals surface area contributed by atoms with Gasteiger partial charge in [0, 0.05) is 6.42 Å². The maximum Gasteiger partial charge on any atom is 0.150 e. The summed E-state index contributed by atoms with van der Waals surface area (Å²) in [6.07, 6.45) is 3.79. The first kappa shape index (κ1) is 13.3. The lowest BCUT2D eigenvalue weighted by Crippen LogP contribution is -2.22. The van der Waals surface area contributed by atoms with Crippen LogP contribution >= 0.6 is 35.0 Å². The summed E-state index contributed by atoms with van der Waals surface area (Å²) in [5.41, 5.74) is 0.843. The Morgan fingerprint density at radius 3 is 2.88 bits per heavy atom. The van der Waals surface area contributed by atoms with E-state index in [0.717, 1.165) is 24.2 Å². The first-order valence-electron chi connectivity index (χ1n) is 5.75. The molecule has 1 saturated heterocycles. The van der Waals surface area contributed by atoms with E-state index in [1.54, 1.807) is 17.8 Å². The fourth-order valence-corrected chi connectivity index (χ4v) is 3.63. The van der Waals surface area contributed by atoms with Gasteiger partial charge in [-0.1, -0.05) is 41.8 Å². The van der Waals surface area contributed by atoms with Crippen LogP contribution in [0.2, 0.25) is 10.0 Å². The second-order valence-corrected chi connectivity index (χ2v) is 6.31. The predicted octanol–water partition coefficient (Wildman–Crippen LogP) is 4.39. The molecule has 0 aliphatic carbocycles. The first-order valence-corrected chi connectivity index (χ1v) is 7.56. The van der Waals surface area contributed by atoms with Gasteiger partial charge in [-0.25, -0.2) is 0 Å². The molecule has 17 heavy (non-hydrogen) atoms.